The van der Waals surface area contributed by atoms with Crippen LogP contribution in [0.4, 0.5) is 0 Å². The van der Waals surface area contributed by atoms with Gasteiger partial charge in [-0.25, -0.2) is 4.98 Å². The van der Waals surface area contributed by atoms with Crippen molar-refractivity contribution in [3.8, 4) is 5.75 Å². The summed E-state index contributed by atoms with van der Waals surface area (Å²) in [6.45, 7) is -0.0816. The number of benzene rings is 2. The predicted octanol–water partition coefficient (Wildman–Crippen LogP) is 3.00. The predicted molar refractivity (Wildman–Crippen MR) is 125 cm³/mol. The lowest BCUT2D eigenvalue weighted by molar-refractivity contribution is -0.137. The maximum Gasteiger partial charge on any atom is 0.303 e. The van der Waals surface area contributed by atoms with Crippen LogP contribution >= 0.6 is 34.2 Å². The molecule has 2 N–H and O–H groups in total. The minimum absolute atomic E-state index is 0.0113. The summed E-state index contributed by atoms with van der Waals surface area (Å²) in [5.74, 6) is -0.619. The number of aryl methyl sites for hydroxylation is 1. The number of aromatic nitrogens is 2. The smallest absolute Gasteiger partial charge is 0.303 e. The number of nitrogens with zero attached hydrogens (tertiary/aromatic N) is 2. The summed E-state index contributed by atoms with van der Waals surface area (Å²) in [4.78, 5) is 41.2. The van der Waals surface area contributed by atoms with E-state index in [0.717, 1.165) is 9.13 Å². The lowest BCUT2D eigenvalue weighted by Crippen LogP contribution is -2.34. The number of rotatable bonds is 8. The van der Waals surface area contributed by atoms with Crippen LogP contribution in [0.3, 0.4) is 0 Å². The van der Waals surface area contributed by atoms with Crippen molar-refractivity contribution < 1.29 is 19.4 Å². The number of hydrogen-bond acceptors (Lipinski definition) is 5. The number of aliphatic carboxylic acids is 1. The van der Waals surface area contributed by atoms with Crippen LogP contribution in [0, 0.1) is 3.57 Å². The van der Waals surface area contributed by atoms with Crippen LogP contribution < -0.4 is 15.6 Å². The lowest BCUT2D eigenvalue weighted by atomic mass is 10.2. The standard InChI is InChI=1S/C21H19ClIN3O5/c1-31-16-5-3-2-4-12(16)10-24-18(27)11-26-17(6-7-19(28)29)25-20-14(21(26)30)8-13(23)9-15(20)22/h2-5,8-9H,6-7,10-11H2,1H3,(H,24,27)(H,28,29). The minimum atomic E-state index is -1.03. The highest BCUT2D eigenvalue weighted by Gasteiger charge is 2.17. The van der Waals surface area contributed by atoms with E-state index < -0.39 is 17.4 Å². The Balaban J connectivity index is 1.92. The molecule has 0 spiro atoms. The molecule has 1 amide bonds. The molecule has 162 valence electrons. The zero-order valence-electron chi connectivity index (χ0n) is 16.5. The quantitative estimate of drug-likeness (QED) is 0.414. The number of nitrogens with one attached hydrogen (secondary N) is 1. The van der Waals surface area contributed by atoms with Crippen molar-refractivity contribution in [2.75, 3.05) is 7.11 Å². The summed E-state index contributed by atoms with van der Waals surface area (Å²) >= 11 is 8.29. The molecule has 8 nitrogen and oxygen atoms in total. The number of amides is 1. The second-order valence-corrected chi connectivity index (χ2v) is 8.34. The fourth-order valence-corrected chi connectivity index (χ4v) is 4.18. The highest BCUT2D eigenvalue weighted by molar-refractivity contribution is 14.1. The van der Waals surface area contributed by atoms with Gasteiger partial charge in [-0.2, -0.15) is 0 Å². The molecular formula is C21H19ClIN3O5. The molecule has 1 aromatic heterocycles. The van der Waals surface area contributed by atoms with Gasteiger partial charge in [0.2, 0.25) is 5.91 Å². The van der Waals surface area contributed by atoms with Crippen LogP contribution in [0.15, 0.2) is 41.2 Å². The maximum absolute atomic E-state index is 13.1. The van der Waals surface area contributed by atoms with Crippen LogP contribution in [0.1, 0.15) is 17.8 Å². The van der Waals surface area contributed by atoms with Gasteiger partial charge in [0.15, 0.2) is 0 Å². The molecule has 0 aliphatic rings. The SMILES string of the molecule is COc1ccccc1CNC(=O)Cn1c(CCC(=O)O)nc2c(Cl)cc(I)cc2c1=O. The number of methoxy groups -OCH3 is 1. The van der Waals surface area contributed by atoms with Gasteiger partial charge in [-0.1, -0.05) is 29.8 Å². The van der Waals surface area contributed by atoms with Gasteiger partial charge in [0.1, 0.15) is 18.1 Å². The summed E-state index contributed by atoms with van der Waals surface area (Å²) in [6, 6.07) is 10.6. The Morgan fingerprint density at radius 2 is 2.03 bits per heavy atom. The molecule has 3 rings (SSSR count). The average Bonchev–Trinajstić information content (AvgIpc) is 2.73. The van der Waals surface area contributed by atoms with Crippen molar-refractivity contribution in [3.63, 3.8) is 0 Å². The number of carbonyl (C=O) groups is 2. The molecule has 0 bridgehead atoms. The Bertz CT molecular complexity index is 1210. The molecule has 0 atom stereocenters. The second-order valence-electron chi connectivity index (χ2n) is 6.69. The fourth-order valence-electron chi connectivity index (χ4n) is 3.11. The van der Waals surface area contributed by atoms with Crippen LogP contribution in [0.5, 0.6) is 5.75 Å². The first-order valence-corrected chi connectivity index (χ1v) is 10.7. The topological polar surface area (TPSA) is 111 Å². The number of carboxylic acid groups (broad SMARTS) is 1. The first-order chi connectivity index (χ1) is 14.8. The molecule has 0 saturated carbocycles. The molecule has 10 heteroatoms. The van der Waals surface area contributed by atoms with E-state index in [9.17, 15) is 14.4 Å². The van der Waals surface area contributed by atoms with E-state index in [1.807, 2.05) is 40.8 Å². The fraction of sp³-hybridized carbons (Fsp3) is 0.238. The molecule has 2 aromatic carbocycles. The number of fused-ring (bicyclic) bond motifs is 1. The summed E-state index contributed by atoms with van der Waals surface area (Å²) in [5.41, 5.74) is 0.631. The molecule has 0 saturated heterocycles. The summed E-state index contributed by atoms with van der Waals surface area (Å²) in [6.07, 6.45) is -0.245. The van der Waals surface area contributed by atoms with Gasteiger partial charge in [-0.15, -0.1) is 0 Å². The molecule has 0 radical (unpaired) electrons. The summed E-state index contributed by atoms with van der Waals surface area (Å²) in [7, 11) is 1.54. The number of ether oxygens (including phenoxy) is 1. The monoisotopic (exact) mass is 555 g/mol. The van der Waals surface area contributed by atoms with Crippen molar-refractivity contribution in [2.45, 2.75) is 25.9 Å². The third-order valence-electron chi connectivity index (χ3n) is 4.59. The van der Waals surface area contributed by atoms with Gasteiger partial charge < -0.3 is 15.2 Å². The van der Waals surface area contributed by atoms with Gasteiger partial charge in [-0.05, 0) is 40.8 Å². The van der Waals surface area contributed by atoms with E-state index >= 15 is 0 Å². The van der Waals surface area contributed by atoms with E-state index in [1.165, 1.54) is 4.57 Å². The van der Waals surface area contributed by atoms with Crippen molar-refractivity contribution in [3.05, 3.63) is 66.7 Å². The van der Waals surface area contributed by atoms with E-state index in [0.29, 0.717) is 10.8 Å². The third-order valence-corrected chi connectivity index (χ3v) is 5.50. The van der Waals surface area contributed by atoms with E-state index in [4.69, 9.17) is 21.4 Å². The largest absolute Gasteiger partial charge is 0.496 e. The first kappa shape index (κ1) is 23.0. The number of para-hydroxylation sites is 1. The number of carboxylic acids is 1. The Morgan fingerprint density at radius 1 is 1.29 bits per heavy atom. The van der Waals surface area contributed by atoms with E-state index in [1.54, 1.807) is 25.3 Å². The van der Waals surface area contributed by atoms with Crippen molar-refractivity contribution in [2.24, 2.45) is 0 Å². The lowest BCUT2D eigenvalue weighted by Gasteiger charge is -2.14. The zero-order valence-corrected chi connectivity index (χ0v) is 19.4. The number of carbonyl (C=O) groups excluding carboxylic acids is 1. The molecule has 0 fully saturated rings. The molecule has 0 aliphatic heterocycles. The molecular weight excluding hydrogens is 537 g/mol. The number of halogens is 2. The van der Waals surface area contributed by atoms with E-state index in [2.05, 4.69) is 10.3 Å². The normalized spacial score (nSPS) is 10.8. The molecule has 0 unspecified atom stereocenters. The van der Waals surface area contributed by atoms with Gasteiger partial charge in [-0.3, -0.25) is 19.0 Å². The Labute approximate surface area is 196 Å². The van der Waals surface area contributed by atoms with Gasteiger partial charge >= 0.3 is 5.97 Å². The van der Waals surface area contributed by atoms with Crippen LogP contribution in [-0.2, 0) is 29.1 Å². The summed E-state index contributed by atoms with van der Waals surface area (Å²) in [5, 5.41) is 12.4. The van der Waals surface area contributed by atoms with Gasteiger partial charge in [0, 0.05) is 22.1 Å². The number of hydrogen-bond donors (Lipinski definition) is 2. The van der Waals surface area contributed by atoms with Crippen LogP contribution in [-0.4, -0.2) is 33.6 Å². The van der Waals surface area contributed by atoms with Crippen molar-refractivity contribution in [1.82, 2.24) is 14.9 Å². The molecule has 31 heavy (non-hydrogen) atoms. The highest BCUT2D eigenvalue weighted by Crippen LogP contribution is 2.23. The minimum Gasteiger partial charge on any atom is -0.496 e. The van der Waals surface area contributed by atoms with Crippen molar-refractivity contribution in [1.29, 1.82) is 0 Å². The first-order valence-electron chi connectivity index (χ1n) is 9.29. The second kappa shape index (κ2) is 10.1. The third kappa shape index (κ3) is 5.53. The maximum atomic E-state index is 13.1. The van der Waals surface area contributed by atoms with E-state index in [-0.39, 0.29) is 42.7 Å². The van der Waals surface area contributed by atoms with Crippen LogP contribution in [0.25, 0.3) is 10.9 Å². The van der Waals surface area contributed by atoms with Gasteiger partial charge in [0.25, 0.3) is 5.56 Å². The molecule has 1 heterocycles. The Morgan fingerprint density at radius 3 is 2.74 bits per heavy atom. The Kier molecular flexibility index (Phi) is 7.50. The average molecular weight is 556 g/mol. The van der Waals surface area contributed by atoms with Crippen molar-refractivity contribution >= 4 is 57.0 Å². The van der Waals surface area contributed by atoms with Crippen LogP contribution in [0.2, 0.25) is 5.02 Å². The van der Waals surface area contributed by atoms with Gasteiger partial charge in [0.05, 0.1) is 29.5 Å². The molecule has 0 aliphatic carbocycles. The summed E-state index contributed by atoms with van der Waals surface area (Å²) < 4.78 is 7.23. The zero-order chi connectivity index (χ0) is 22.5. The Hall–Kier alpha value is -2.66. The highest BCUT2D eigenvalue weighted by atomic mass is 127. The molecule has 3 aromatic rings.